The number of tetrazole rings is 1. The summed E-state index contributed by atoms with van der Waals surface area (Å²) >= 11 is 0. The molecule has 0 atom stereocenters. The molecule has 2 aromatic heterocycles. The minimum atomic E-state index is -0.856. The zero-order chi connectivity index (χ0) is 20.4. The highest BCUT2D eigenvalue weighted by molar-refractivity contribution is 5.74. The van der Waals surface area contributed by atoms with Gasteiger partial charge in [-0.05, 0) is 31.2 Å². The summed E-state index contributed by atoms with van der Waals surface area (Å²) in [6, 6.07) is 7.56. The van der Waals surface area contributed by atoms with Crippen LogP contribution >= 0.6 is 0 Å². The SMILES string of the molecule is Cc1[nH]nc(-c2ccc(OCc3nn[nH]n3)cc2O)c1Oc1ccc(F)cc1F. The highest BCUT2D eigenvalue weighted by atomic mass is 19.1. The van der Waals surface area contributed by atoms with E-state index in [1.54, 1.807) is 19.1 Å². The first-order valence-electron chi connectivity index (χ1n) is 8.37. The van der Waals surface area contributed by atoms with Gasteiger partial charge in [-0.25, -0.2) is 8.78 Å². The minimum Gasteiger partial charge on any atom is -0.507 e. The molecule has 0 bridgehead atoms. The molecule has 0 aliphatic rings. The minimum absolute atomic E-state index is 0.0645. The third kappa shape index (κ3) is 3.83. The lowest BCUT2D eigenvalue weighted by molar-refractivity contribution is 0.294. The van der Waals surface area contributed by atoms with Crippen LogP contribution in [-0.4, -0.2) is 35.9 Å². The van der Waals surface area contributed by atoms with Crippen molar-refractivity contribution in [1.82, 2.24) is 30.8 Å². The molecule has 4 rings (SSSR count). The largest absolute Gasteiger partial charge is 0.507 e. The Kier molecular flexibility index (Phi) is 4.77. The highest BCUT2D eigenvalue weighted by Crippen LogP contribution is 2.40. The molecule has 2 aromatic carbocycles. The average molecular weight is 400 g/mol. The van der Waals surface area contributed by atoms with E-state index in [4.69, 9.17) is 9.47 Å². The Morgan fingerprint density at radius 2 is 1.97 bits per heavy atom. The number of aromatic nitrogens is 6. The fraction of sp³-hybridized carbons (Fsp3) is 0.111. The molecule has 148 valence electrons. The number of nitrogens with one attached hydrogen (secondary N) is 2. The van der Waals surface area contributed by atoms with Crippen molar-refractivity contribution in [3.8, 4) is 34.3 Å². The smallest absolute Gasteiger partial charge is 0.211 e. The van der Waals surface area contributed by atoms with E-state index in [2.05, 4.69) is 30.8 Å². The van der Waals surface area contributed by atoms with Gasteiger partial charge < -0.3 is 14.6 Å². The topological polar surface area (TPSA) is 122 Å². The predicted molar refractivity (Wildman–Crippen MR) is 95.4 cm³/mol. The molecule has 3 N–H and O–H groups in total. The predicted octanol–water partition coefficient (Wildman–Crippen LogP) is 3.25. The molecule has 0 spiro atoms. The maximum atomic E-state index is 14.0. The summed E-state index contributed by atoms with van der Waals surface area (Å²) in [6.07, 6.45) is 0. The first-order valence-corrected chi connectivity index (χ1v) is 8.37. The first-order chi connectivity index (χ1) is 14.0. The van der Waals surface area contributed by atoms with Gasteiger partial charge in [0.25, 0.3) is 0 Å². The normalized spacial score (nSPS) is 10.9. The molecule has 9 nitrogen and oxygen atoms in total. The van der Waals surface area contributed by atoms with Crippen molar-refractivity contribution >= 4 is 0 Å². The number of halogens is 2. The van der Waals surface area contributed by atoms with Crippen molar-refractivity contribution in [3.05, 3.63) is 59.6 Å². The van der Waals surface area contributed by atoms with Crippen LogP contribution in [0, 0.1) is 18.6 Å². The fourth-order valence-electron chi connectivity index (χ4n) is 2.59. The lowest BCUT2D eigenvalue weighted by atomic mass is 10.1. The molecular weight excluding hydrogens is 386 g/mol. The van der Waals surface area contributed by atoms with Crippen molar-refractivity contribution in [1.29, 1.82) is 0 Å². The third-order valence-corrected chi connectivity index (χ3v) is 3.98. The van der Waals surface area contributed by atoms with E-state index in [-0.39, 0.29) is 29.5 Å². The van der Waals surface area contributed by atoms with Crippen LogP contribution in [0.15, 0.2) is 36.4 Å². The monoisotopic (exact) mass is 400 g/mol. The van der Waals surface area contributed by atoms with Gasteiger partial charge in [0.15, 0.2) is 23.9 Å². The zero-order valence-electron chi connectivity index (χ0n) is 15.0. The molecule has 0 aliphatic carbocycles. The maximum Gasteiger partial charge on any atom is 0.211 e. The van der Waals surface area contributed by atoms with Crippen molar-refractivity contribution in [2.24, 2.45) is 0 Å². The van der Waals surface area contributed by atoms with Gasteiger partial charge in [0.2, 0.25) is 5.82 Å². The quantitative estimate of drug-likeness (QED) is 0.454. The molecule has 4 aromatic rings. The molecule has 0 radical (unpaired) electrons. The number of hydrogen-bond acceptors (Lipinski definition) is 7. The van der Waals surface area contributed by atoms with E-state index >= 15 is 0 Å². The number of rotatable bonds is 6. The number of aromatic hydroxyl groups is 1. The van der Waals surface area contributed by atoms with Crippen LogP contribution in [0.1, 0.15) is 11.5 Å². The summed E-state index contributed by atoms with van der Waals surface area (Å²) in [5.41, 5.74) is 1.09. The van der Waals surface area contributed by atoms with Crippen molar-refractivity contribution in [3.63, 3.8) is 0 Å². The van der Waals surface area contributed by atoms with Crippen LogP contribution in [0.25, 0.3) is 11.3 Å². The van der Waals surface area contributed by atoms with Gasteiger partial charge >= 0.3 is 0 Å². The third-order valence-electron chi connectivity index (χ3n) is 3.98. The van der Waals surface area contributed by atoms with E-state index in [0.29, 0.717) is 22.8 Å². The molecule has 0 saturated heterocycles. The standard InChI is InChI=1S/C18H14F2N6O3/c1-9-18(29-15-5-2-10(19)6-13(15)20)17(24-21-9)12-4-3-11(7-14(12)27)28-8-16-22-25-26-23-16/h2-7,27H,8H2,1H3,(H,21,24)(H,22,23,25,26). The van der Waals surface area contributed by atoms with Gasteiger partial charge in [-0.2, -0.15) is 10.3 Å². The summed E-state index contributed by atoms with van der Waals surface area (Å²) in [5.74, 6) is -0.947. The molecule has 0 aliphatic heterocycles. The molecule has 2 heterocycles. The molecule has 0 amide bonds. The number of ether oxygens (including phenoxy) is 2. The fourth-order valence-corrected chi connectivity index (χ4v) is 2.59. The van der Waals surface area contributed by atoms with Gasteiger partial charge in [-0.15, -0.1) is 10.2 Å². The molecular formula is C18H14F2N6O3. The van der Waals surface area contributed by atoms with Gasteiger partial charge in [-0.3, -0.25) is 5.10 Å². The Morgan fingerprint density at radius 3 is 2.69 bits per heavy atom. The van der Waals surface area contributed by atoms with Crippen LogP contribution in [0.5, 0.6) is 23.0 Å². The zero-order valence-corrected chi connectivity index (χ0v) is 15.0. The summed E-state index contributed by atoms with van der Waals surface area (Å²) in [5, 5.41) is 30.6. The number of aromatic amines is 2. The second-order valence-corrected chi connectivity index (χ2v) is 6.00. The Balaban J connectivity index is 1.60. The lowest BCUT2D eigenvalue weighted by Crippen LogP contribution is -1.98. The number of phenols is 1. The molecule has 29 heavy (non-hydrogen) atoms. The van der Waals surface area contributed by atoms with Crippen LogP contribution in [0.3, 0.4) is 0 Å². The van der Waals surface area contributed by atoms with E-state index in [0.717, 1.165) is 12.1 Å². The second kappa shape index (κ2) is 7.54. The van der Waals surface area contributed by atoms with Gasteiger partial charge in [0, 0.05) is 17.7 Å². The molecule has 11 heteroatoms. The van der Waals surface area contributed by atoms with Gasteiger partial charge in [0.1, 0.15) is 23.0 Å². The summed E-state index contributed by atoms with van der Waals surface area (Å²) in [4.78, 5) is 0. The summed E-state index contributed by atoms with van der Waals surface area (Å²) in [7, 11) is 0. The van der Waals surface area contributed by atoms with Crippen LogP contribution < -0.4 is 9.47 Å². The first kappa shape index (κ1) is 18.3. The van der Waals surface area contributed by atoms with Gasteiger partial charge in [0.05, 0.1) is 5.69 Å². The summed E-state index contributed by atoms with van der Waals surface area (Å²) < 4.78 is 38.2. The van der Waals surface area contributed by atoms with Crippen LogP contribution in [0.4, 0.5) is 8.78 Å². The molecule has 0 fully saturated rings. The van der Waals surface area contributed by atoms with Crippen molar-refractivity contribution < 1.29 is 23.4 Å². The Labute approximate surface area is 162 Å². The number of H-pyrrole nitrogens is 2. The lowest BCUT2D eigenvalue weighted by Gasteiger charge is -2.10. The second-order valence-electron chi connectivity index (χ2n) is 6.00. The molecule has 0 unspecified atom stereocenters. The molecule has 0 saturated carbocycles. The van der Waals surface area contributed by atoms with E-state index in [9.17, 15) is 13.9 Å². The number of benzene rings is 2. The Hall–Kier alpha value is -4.02. The van der Waals surface area contributed by atoms with E-state index in [1.165, 1.54) is 12.1 Å². The maximum absolute atomic E-state index is 14.0. The Morgan fingerprint density at radius 1 is 1.10 bits per heavy atom. The number of phenolic OH excluding ortho intramolecular Hbond substituents is 1. The van der Waals surface area contributed by atoms with Crippen molar-refractivity contribution in [2.75, 3.05) is 0 Å². The van der Waals surface area contributed by atoms with E-state index in [1.807, 2.05) is 0 Å². The highest BCUT2D eigenvalue weighted by Gasteiger charge is 2.20. The van der Waals surface area contributed by atoms with Gasteiger partial charge in [-0.1, -0.05) is 5.21 Å². The van der Waals surface area contributed by atoms with E-state index < -0.39 is 11.6 Å². The number of aryl methyl sites for hydroxylation is 1. The summed E-state index contributed by atoms with van der Waals surface area (Å²) in [6.45, 7) is 1.74. The Bertz CT molecular complexity index is 1150. The van der Waals surface area contributed by atoms with Crippen LogP contribution in [-0.2, 0) is 6.61 Å². The van der Waals surface area contributed by atoms with Crippen molar-refractivity contribution in [2.45, 2.75) is 13.5 Å². The van der Waals surface area contributed by atoms with Crippen LogP contribution in [0.2, 0.25) is 0 Å². The number of nitrogens with zero attached hydrogens (tertiary/aromatic N) is 4. The number of hydrogen-bond donors (Lipinski definition) is 3. The average Bonchev–Trinajstić information content (AvgIpc) is 3.33.